The third-order valence-corrected chi connectivity index (χ3v) is 3.01. The van der Waals surface area contributed by atoms with Gasteiger partial charge in [-0.15, -0.1) is 0 Å². The van der Waals surface area contributed by atoms with Crippen LogP contribution in [-0.2, 0) is 9.53 Å². The summed E-state index contributed by atoms with van der Waals surface area (Å²) in [7, 11) is 3.82. The van der Waals surface area contributed by atoms with Gasteiger partial charge < -0.3 is 14.7 Å². The third-order valence-electron chi connectivity index (χ3n) is 3.01. The highest BCUT2D eigenvalue weighted by molar-refractivity contribution is 5.68. The van der Waals surface area contributed by atoms with Crippen LogP contribution in [0.4, 0.5) is 0 Å². The molecule has 0 saturated carbocycles. The van der Waals surface area contributed by atoms with Crippen molar-refractivity contribution in [2.45, 2.75) is 31.4 Å². The topological polar surface area (TPSA) is 49.8 Å². The Balaban J connectivity index is 2.80. The summed E-state index contributed by atoms with van der Waals surface area (Å²) in [4.78, 5) is 12.7. The van der Waals surface area contributed by atoms with Crippen molar-refractivity contribution in [3.8, 4) is 0 Å². The molecule has 1 aliphatic heterocycles. The molecular formula is C9H17NO3. The minimum Gasteiger partial charge on any atom is -0.481 e. The summed E-state index contributed by atoms with van der Waals surface area (Å²) in [6.07, 6.45) is 0.952. The number of ether oxygens (including phenoxy) is 1. The lowest BCUT2D eigenvalue weighted by atomic mass is 9.87. The van der Waals surface area contributed by atoms with E-state index in [1.165, 1.54) is 0 Å². The van der Waals surface area contributed by atoms with Crippen molar-refractivity contribution in [3.63, 3.8) is 0 Å². The first-order chi connectivity index (χ1) is 5.99. The number of nitrogens with zero attached hydrogens (tertiary/aromatic N) is 1. The number of aliphatic carboxylic acids is 1. The van der Waals surface area contributed by atoms with Crippen molar-refractivity contribution in [1.82, 2.24) is 4.90 Å². The Labute approximate surface area is 78.5 Å². The fourth-order valence-corrected chi connectivity index (χ4v) is 2.01. The molecule has 4 nitrogen and oxygen atoms in total. The zero-order valence-corrected chi connectivity index (χ0v) is 8.41. The molecule has 13 heavy (non-hydrogen) atoms. The lowest BCUT2D eigenvalue weighted by molar-refractivity contribution is -0.141. The van der Waals surface area contributed by atoms with Gasteiger partial charge in [0.25, 0.3) is 0 Å². The molecule has 0 aromatic heterocycles. The van der Waals surface area contributed by atoms with Crippen LogP contribution in [-0.4, -0.2) is 48.3 Å². The maximum absolute atomic E-state index is 10.7. The maximum atomic E-state index is 10.7. The van der Waals surface area contributed by atoms with Gasteiger partial charge in [0.05, 0.1) is 18.1 Å². The van der Waals surface area contributed by atoms with E-state index in [-0.39, 0.29) is 18.1 Å². The van der Waals surface area contributed by atoms with Gasteiger partial charge in [-0.1, -0.05) is 0 Å². The molecule has 1 saturated heterocycles. The van der Waals surface area contributed by atoms with Crippen LogP contribution in [0.2, 0.25) is 0 Å². The Morgan fingerprint density at radius 1 is 1.69 bits per heavy atom. The average molecular weight is 187 g/mol. The predicted molar refractivity (Wildman–Crippen MR) is 48.7 cm³/mol. The molecule has 0 bridgehead atoms. The minimum atomic E-state index is -0.758. The molecule has 1 heterocycles. The minimum absolute atomic E-state index is 0.00130. The van der Waals surface area contributed by atoms with Crippen LogP contribution in [0.3, 0.4) is 0 Å². The zero-order chi connectivity index (χ0) is 10.1. The molecule has 0 aliphatic carbocycles. The number of carbonyl (C=O) groups is 1. The summed E-state index contributed by atoms with van der Waals surface area (Å²) in [6, 6.07) is 0. The Kier molecular flexibility index (Phi) is 2.93. The van der Waals surface area contributed by atoms with Crippen LogP contribution in [0.15, 0.2) is 0 Å². The second kappa shape index (κ2) is 3.64. The van der Waals surface area contributed by atoms with Gasteiger partial charge in [0.2, 0.25) is 0 Å². The molecule has 76 valence electrons. The van der Waals surface area contributed by atoms with Crippen molar-refractivity contribution in [2.24, 2.45) is 0 Å². The van der Waals surface area contributed by atoms with Gasteiger partial charge in [0, 0.05) is 6.61 Å². The first-order valence-electron chi connectivity index (χ1n) is 4.50. The quantitative estimate of drug-likeness (QED) is 0.701. The smallest absolute Gasteiger partial charge is 0.305 e. The van der Waals surface area contributed by atoms with Gasteiger partial charge in [-0.2, -0.15) is 0 Å². The Hall–Kier alpha value is -0.610. The van der Waals surface area contributed by atoms with Crippen molar-refractivity contribution >= 4 is 5.97 Å². The molecule has 2 atom stereocenters. The van der Waals surface area contributed by atoms with Gasteiger partial charge in [-0.05, 0) is 27.4 Å². The van der Waals surface area contributed by atoms with Gasteiger partial charge in [-0.25, -0.2) is 0 Å². The maximum Gasteiger partial charge on any atom is 0.305 e. The molecule has 0 radical (unpaired) electrons. The van der Waals surface area contributed by atoms with E-state index in [4.69, 9.17) is 9.84 Å². The molecule has 1 rings (SSSR count). The average Bonchev–Trinajstić information content (AvgIpc) is 2.32. The summed E-state index contributed by atoms with van der Waals surface area (Å²) < 4.78 is 5.43. The van der Waals surface area contributed by atoms with Crippen LogP contribution in [0.5, 0.6) is 0 Å². The molecule has 1 aliphatic rings. The normalized spacial score (nSPS) is 34.0. The van der Waals surface area contributed by atoms with E-state index in [0.717, 1.165) is 6.42 Å². The number of likely N-dealkylation sites (N-methyl/N-ethyl adjacent to an activating group) is 1. The van der Waals surface area contributed by atoms with E-state index in [9.17, 15) is 4.79 Å². The highest BCUT2D eigenvalue weighted by Crippen LogP contribution is 2.33. The summed E-state index contributed by atoms with van der Waals surface area (Å²) in [5, 5.41) is 8.82. The lowest BCUT2D eigenvalue weighted by Gasteiger charge is -2.37. The van der Waals surface area contributed by atoms with Crippen LogP contribution in [0.1, 0.15) is 19.8 Å². The van der Waals surface area contributed by atoms with Gasteiger partial charge >= 0.3 is 5.97 Å². The fourth-order valence-electron chi connectivity index (χ4n) is 2.01. The number of hydrogen-bond donors (Lipinski definition) is 1. The van der Waals surface area contributed by atoms with Gasteiger partial charge in [0.15, 0.2) is 0 Å². The molecule has 0 aromatic carbocycles. The molecule has 4 heteroatoms. The largest absolute Gasteiger partial charge is 0.481 e. The van der Waals surface area contributed by atoms with E-state index in [0.29, 0.717) is 6.61 Å². The Morgan fingerprint density at radius 3 is 2.62 bits per heavy atom. The SMILES string of the molecule is CC1OCCC1(CC(=O)O)N(C)C. The zero-order valence-electron chi connectivity index (χ0n) is 8.41. The summed E-state index contributed by atoms with van der Waals surface area (Å²) in [5.74, 6) is -0.758. The molecule has 2 unspecified atom stereocenters. The summed E-state index contributed by atoms with van der Waals surface area (Å²) in [6.45, 7) is 2.60. The Bertz CT molecular complexity index is 205. The number of carboxylic acids is 1. The van der Waals surface area contributed by atoms with E-state index < -0.39 is 5.97 Å². The van der Waals surface area contributed by atoms with Crippen LogP contribution >= 0.6 is 0 Å². The molecule has 0 aromatic rings. The lowest BCUT2D eigenvalue weighted by Crippen LogP contribution is -2.50. The number of carboxylic acid groups (broad SMARTS) is 1. The molecule has 0 spiro atoms. The third kappa shape index (κ3) is 1.84. The molecule has 1 fully saturated rings. The fraction of sp³-hybridized carbons (Fsp3) is 0.889. The molecule has 0 amide bonds. The molecule has 1 N–H and O–H groups in total. The number of hydrogen-bond acceptors (Lipinski definition) is 3. The summed E-state index contributed by atoms with van der Waals surface area (Å²) in [5.41, 5.74) is -0.314. The highest BCUT2D eigenvalue weighted by atomic mass is 16.5. The van der Waals surface area contributed by atoms with Crippen LogP contribution < -0.4 is 0 Å². The monoisotopic (exact) mass is 187 g/mol. The Morgan fingerprint density at radius 2 is 2.31 bits per heavy atom. The van der Waals surface area contributed by atoms with E-state index in [2.05, 4.69) is 0 Å². The first-order valence-corrected chi connectivity index (χ1v) is 4.50. The predicted octanol–water partition coefficient (Wildman–Crippen LogP) is 0.570. The van der Waals surface area contributed by atoms with E-state index >= 15 is 0 Å². The van der Waals surface area contributed by atoms with Crippen LogP contribution in [0.25, 0.3) is 0 Å². The van der Waals surface area contributed by atoms with E-state index in [1.54, 1.807) is 0 Å². The van der Waals surface area contributed by atoms with Crippen molar-refractivity contribution in [1.29, 1.82) is 0 Å². The van der Waals surface area contributed by atoms with Crippen molar-refractivity contribution in [3.05, 3.63) is 0 Å². The van der Waals surface area contributed by atoms with Gasteiger partial charge in [-0.3, -0.25) is 4.79 Å². The second-order valence-corrected chi connectivity index (χ2v) is 3.83. The van der Waals surface area contributed by atoms with E-state index in [1.807, 2.05) is 25.9 Å². The first kappa shape index (κ1) is 10.5. The van der Waals surface area contributed by atoms with Crippen LogP contribution in [0, 0.1) is 0 Å². The van der Waals surface area contributed by atoms with Gasteiger partial charge in [0.1, 0.15) is 0 Å². The number of rotatable bonds is 3. The summed E-state index contributed by atoms with van der Waals surface area (Å²) >= 11 is 0. The van der Waals surface area contributed by atoms with Crippen molar-refractivity contribution < 1.29 is 14.6 Å². The van der Waals surface area contributed by atoms with Crippen molar-refractivity contribution in [2.75, 3.05) is 20.7 Å². The second-order valence-electron chi connectivity index (χ2n) is 3.83. The highest BCUT2D eigenvalue weighted by Gasteiger charge is 2.44. The molecular weight excluding hydrogens is 170 g/mol. The standard InChI is InChI=1S/C9H17NO3/c1-7-9(10(2)3,4-5-13-7)6-8(11)12/h7H,4-6H2,1-3H3,(H,11,12).